The van der Waals surface area contributed by atoms with Gasteiger partial charge in [0.05, 0.1) is 25.5 Å². The molecule has 0 amide bonds. The predicted molar refractivity (Wildman–Crippen MR) is 101 cm³/mol. The number of likely N-dealkylation sites (tertiary alicyclic amines) is 2. The number of nitrogens with zero attached hydrogens (tertiary/aromatic N) is 4. The average molecular weight is 361 g/mol. The summed E-state index contributed by atoms with van der Waals surface area (Å²) in [7, 11) is 0. The molecule has 2 fully saturated rings. The van der Waals surface area contributed by atoms with E-state index in [0.29, 0.717) is 19.3 Å². The Balaban J connectivity index is 1.37. The van der Waals surface area contributed by atoms with Crippen LogP contribution in [0.3, 0.4) is 0 Å². The van der Waals surface area contributed by atoms with Gasteiger partial charge in [-0.15, -0.1) is 0 Å². The summed E-state index contributed by atoms with van der Waals surface area (Å²) in [4.78, 5) is 17.7. The van der Waals surface area contributed by atoms with Crippen LogP contribution in [0.1, 0.15) is 49.8 Å². The van der Waals surface area contributed by atoms with E-state index < -0.39 is 0 Å². The normalized spacial score (nSPS) is 25.2. The summed E-state index contributed by atoms with van der Waals surface area (Å²) in [5.74, 6) is 0. The van der Waals surface area contributed by atoms with Gasteiger partial charge < -0.3 is 9.64 Å². The fraction of sp³-hybridized carbons (Fsp3) is 0.800. The van der Waals surface area contributed by atoms with Crippen molar-refractivity contribution < 1.29 is 4.74 Å². The summed E-state index contributed by atoms with van der Waals surface area (Å²) in [5.41, 5.74) is 2.04. The monoisotopic (exact) mass is 360 g/mol. The maximum absolute atomic E-state index is 12.4. The molecule has 0 spiro atoms. The molecular formula is C20H32N4O2. The van der Waals surface area contributed by atoms with Gasteiger partial charge in [0.25, 0.3) is 5.56 Å². The van der Waals surface area contributed by atoms with Crippen LogP contribution in [-0.2, 0) is 24.3 Å². The number of hydrogen-bond acceptors (Lipinski definition) is 5. The fourth-order valence-corrected chi connectivity index (χ4v) is 4.61. The summed E-state index contributed by atoms with van der Waals surface area (Å²) in [6.45, 7) is 7.93. The van der Waals surface area contributed by atoms with Gasteiger partial charge in [0.1, 0.15) is 0 Å². The van der Waals surface area contributed by atoms with Crippen LogP contribution in [0.25, 0.3) is 0 Å². The van der Waals surface area contributed by atoms with Gasteiger partial charge in [0.15, 0.2) is 0 Å². The Labute approximate surface area is 156 Å². The first kappa shape index (κ1) is 18.1. The van der Waals surface area contributed by atoms with Crippen molar-refractivity contribution in [2.45, 2.75) is 64.1 Å². The third-order valence-corrected chi connectivity index (χ3v) is 6.19. The summed E-state index contributed by atoms with van der Waals surface area (Å²) in [6.07, 6.45) is 8.70. The second-order valence-corrected chi connectivity index (χ2v) is 8.03. The van der Waals surface area contributed by atoms with Gasteiger partial charge in [-0.3, -0.25) is 9.69 Å². The van der Waals surface area contributed by atoms with Crippen LogP contribution in [0.2, 0.25) is 0 Å². The van der Waals surface area contributed by atoms with E-state index in [-0.39, 0.29) is 5.56 Å². The lowest BCUT2D eigenvalue weighted by atomic mass is 10.1. The molecule has 1 aromatic heterocycles. The van der Waals surface area contributed by atoms with E-state index in [1.54, 1.807) is 10.7 Å². The van der Waals surface area contributed by atoms with Gasteiger partial charge in [0.2, 0.25) is 0 Å². The van der Waals surface area contributed by atoms with Crippen molar-refractivity contribution in [3.05, 3.63) is 27.7 Å². The highest BCUT2D eigenvalue weighted by Gasteiger charge is 2.26. The van der Waals surface area contributed by atoms with E-state index in [1.807, 2.05) is 0 Å². The Bertz CT molecular complexity index is 652. The van der Waals surface area contributed by atoms with Gasteiger partial charge in [-0.2, -0.15) is 5.10 Å². The first-order chi connectivity index (χ1) is 12.8. The van der Waals surface area contributed by atoms with Crippen molar-refractivity contribution in [3.63, 3.8) is 0 Å². The first-order valence-electron chi connectivity index (χ1n) is 10.4. The molecule has 1 atom stereocenters. The van der Waals surface area contributed by atoms with Crippen LogP contribution < -0.4 is 5.56 Å². The molecule has 4 heterocycles. The molecule has 2 saturated heterocycles. The van der Waals surface area contributed by atoms with Crippen molar-refractivity contribution >= 4 is 0 Å². The zero-order valence-electron chi connectivity index (χ0n) is 15.9. The zero-order valence-corrected chi connectivity index (χ0v) is 15.9. The number of aromatic nitrogens is 2. The number of hydrogen-bond donors (Lipinski definition) is 0. The van der Waals surface area contributed by atoms with Crippen LogP contribution in [-0.4, -0.2) is 65.0 Å². The second-order valence-electron chi connectivity index (χ2n) is 8.03. The zero-order chi connectivity index (χ0) is 17.8. The molecule has 1 unspecified atom stereocenters. The van der Waals surface area contributed by atoms with E-state index in [2.05, 4.69) is 14.9 Å². The van der Waals surface area contributed by atoms with Gasteiger partial charge in [-0.25, -0.2) is 4.68 Å². The molecule has 0 aromatic carbocycles. The molecule has 0 N–H and O–H groups in total. The molecule has 144 valence electrons. The Morgan fingerprint density at radius 2 is 1.92 bits per heavy atom. The third-order valence-electron chi connectivity index (χ3n) is 6.19. The SMILES string of the molecule is O=c1cc2c(nn1CC1CCCN1CCN1CCCCCC1)CCOC2. The summed E-state index contributed by atoms with van der Waals surface area (Å²) < 4.78 is 7.15. The largest absolute Gasteiger partial charge is 0.376 e. The van der Waals surface area contributed by atoms with E-state index in [1.165, 1.54) is 58.2 Å². The highest BCUT2D eigenvalue weighted by atomic mass is 16.5. The van der Waals surface area contributed by atoms with E-state index in [0.717, 1.165) is 37.3 Å². The Morgan fingerprint density at radius 1 is 1.08 bits per heavy atom. The fourth-order valence-electron chi connectivity index (χ4n) is 4.61. The molecule has 6 nitrogen and oxygen atoms in total. The molecule has 6 heteroatoms. The van der Waals surface area contributed by atoms with Crippen LogP contribution >= 0.6 is 0 Å². The van der Waals surface area contributed by atoms with Crippen LogP contribution in [0.5, 0.6) is 0 Å². The number of fused-ring (bicyclic) bond motifs is 1. The minimum Gasteiger partial charge on any atom is -0.376 e. The summed E-state index contributed by atoms with van der Waals surface area (Å²) in [6, 6.07) is 2.18. The molecule has 4 rings (SSSR count). The van der Waals surface area contributed by atoms with Crippen molar-refractivity contribution in [2.24, 2.45) is 0 Å². The number of ether oxygens (including phenoxy) is 1. The van der Waals surface area contributed by atoms with Crippen LogP contribution in [0, 0.1) is 0 Å². The van der Waals surface area contributed by atoms with Gasteiger partial charge in [0, 0.05) is 37.2 Å². The molecule has 3 aliphatic heterocycles. The minimum atomic E-state index is 0.0219. The lowest BCUT2D eigenvalue weighted by Gasteiger charge is -2.28. The highest BCUT2D eigenvalue weighted by Crippen LogP contribution is 2.19. The van der Waals surface area contributed by atoms with Crippen LogP contribution in [0.4, 0.5) is 0 Å². The molecule has 1 aromatic rings. The van der Waals surface area contributed by atoms with Crippen molar-refractivity contribution in [1.82, 2.24) is 19.6 Å². The summed E-state index contributed by atoms with van der Waals surface area (Å²) >= 11 is 0. The van der Waals surface area contributed by atoms with E-state index in [4.69, 9.17) is 4.74 Å². The van der Waals surface area contributed by atoms with Gasteiger partial charge >= 0.3 is 0 Å². The lowest BCUT2D eigenvalue weighted by molar-refractivity contribution is 0.107. The summed E-state index contributed by atoms with van der Waals surface area (Å²) in [5, 5.41) is 4.66. The molecule has 0 radical (unpaired) electrons. The molecule has 26 heavy (non-hydrogen) atoms. The quantitative estimate of drug-likeness (QED) is 0.799. The van der Waals surface area contributed by atoms with E-state index >= 15 is 0 Å². The lowest BCUT2D eigenvalue weighted by Crippen LogP contribution is -2.41. The maximum atomic E-state index is 12.4. The Hall–Kier alpha value is -1.24. The highest BCUT2D eigenvalue weighted by molar-refractivity contribution is 5.18. The topological polar surface area (TPSA) is 50.6 Å². The standard InChI is InChI=1S/C20H32N4O2/c25-20-14-17-16-26-13-7-19(17)21-24(20)15-18-6-5-10-23(18)12-11-22-8-3-1-2-4-9-22/h14,18H,1-13,15-16H2. The Kier molecular flexibility index (Phi) is 6.02. The van der Waals surface area contributed by atoms with Crippen molar-refractivity contribution in [3.8, 4) is 0 Å². The molecule has 0 saturated carbocycles. The molecule has 0 aliphatic carbocycles. The van der Waals surface area contributed by atoms with Gasteiger partial charge in [-0.1, -0.05) is 12.8 Å². The average Bonchev–Trinajstić information content (AvgIpc) is 2.92. The van der Waals surface area contributed by atoms with Crippen molar-refractivity contribution in [2.75, 3.05) is 39.3 Å². The minimum absolute atomic E-state index is 0.0219. The van der Waals surface area contributed by atoms with Crippen molar-refractivity contribution in [1.29, 1.82) is 0 Å². The molecule has 0 bridgehead atoms. The first-order valence-corrected chi connectivity index (χ1v) is 10.4. The smallest absolute Gasteiger partial charge is 0.267 e. The van der Waals surface area contributed by atoms with Gasteiger partial charge in [-0.05, 0) is 45.3 Å². The molecular weight excluding hydrogens is 328 g/mol. The maximum Gasteiger partial charge on any atom is 0.267 e. The predicted octanol–water partition coefficient (Wildman–Crippen LogP) is 1.66. The third kappa shape index (κ3) is 4.35. The molecule has 3 aliphatic rings. The Morgan fingerprint density at radius 3 is 2.77 bits per heavy atom. The number of rotatable bonds is 5. The van der Waals surface area contributed by atoms with Crippen LogP contribution in [0.15, 0.2) is 10.9 Å². The second kappa shape index (κ2) is 8.63. The van der Waals surface area contributed by atoms with E-state index in [9.17, 15) is 4.79 Å².